The summed E-state index contributed by atoms with van der Waals surface area (Å²) in [6, 6.07) is 0. The molecular weight excluding hydrogens is 905 g/mol. The minimum absolute atomic E-state index is 0.0325. The first-order chi connectivity index (χ1) is 32.4. The molecule has 8 fully saturated rings. The second kappa shape index (κ2) is 15.8. The topological polar surface area (TPSA) is 169 Å². The van der Waals surface area contributed by atoms with E-state index in [0.717, 1.165) is 70.6 Å². The first kappa shape index (κ1) is 50.7. The highest BCUT2D eigenvalue weighted by molar-refractivity contribution is 7.80. The number of ether oxygens (including phenoxy) is 3. The fourth-order valence-electron chi connectivity index (χ4n) is 21.0. The van der Waals surface area contributed by atoms with Crippen LogP contribution in [0.15, 0.2) is 33.9 Å². The molecule has 0 aromatic heterocycles. The number of fused-ring (bicyclic) bond motifs is 10. The Morgan fingerprint density at radius 2 is 1.49 bits per heavy atom. The Morgan fingerprint density at radius 3 is 2.16 bits per heavy atom. The summed E-state index contributed by atoms with van der Waals surface area (Å²) in [5.41, 5.74) is 3.76. The summed E-state index contributed by atoms with van der Waals surface area (Å²) in [4.78, 5) is 13.5. The minimum atomic E-state index is -4.81. The molecule has 12 aliphatic rings. The van der Waals surface area contributed by atoms with Crippen molar-refractivity contribution in [3.05, 3.63) is 33.9 Å². The van der Waals surface area contributed by atoms with Gasteiger partial charge in [0, 0.05) is 22.2 Å². The molecule has 1 spiro atoms. The van der Waals surface area contributed by atoms with Crippen LogP contribution in [0, 0.1) is 79.8 Å². The van der Waals surface area contributed by atoms with E-state index >= 15 is 0 Å². The van der Waals surface area contributed by atoms with Crippen LogP contribution in [0.3, 0.4) is 0 Å². The summed E-state index contributed by atoms with van der Waals surface area (Å²) in [5.74, 6) is 0.535. The molecule has 4 saturated heterocycles. The number of ketones is 1. The van der Waals surface area contributed by atoms with E-state index in [4.69, 9.17) is 18.4 Å². The number of hydrogen-bond donors (Lipinski definition) is 4. The van der Waals surface area contributed by atoms with Gasteiger partial charge in [0.2, 0.25) is 5.79 Å². The lowest BCUT2D eigenvalue weighted by atomic mass is 9.45. The van der Waals surface area contributed by atoms with Gasteiger partial charge in [0.05, 0.1) is 36.1 Å². The third-order valence-corrected chi connectivity index (χ3v) is 24.7. The minimum Gasteiger partial charge on any atom is -0.387 e. The largest absolute Gasteiger partial charge is 0.397 e. The third-order valence-electron chi connectivity index (χ3n) is 24.2. The monoisotopic (exact) mass is 993 g/mol. The summed E-state index contributed by atoms with van der Waals surface area (Å²) in [7, 11) is -4.81. The van der Waals surface area contributed by atoms with Crippen LogP contribution in [0.5, 0.6) is 0 Å². The molecule has 4 bridgehead atoms. The molecule has 12 heteroatoms. The Kier molecular flexibility index (Phi) is 11.4. The quantitative estimate of drug-likeness (QED) is 0.135. The van der Waals surface area contributed by atoms with E-state index in [9.17, 15) is 33.1 Å². The Morgan fingerprint density at radius 1 is 0.843 bits per heavy atom. The van der Waals surface area contributed by atoms with Gasteiger partial charge in [-0.2, -0.15) is 8.42 Å². The molecule has 8 aliphatic carbocycles. The van der Waals surface area contributed by atoms with Gasteiger partial charge < -0.3 is 29.5 Å². The van der Waals surface area contributed by atoms with E-state index < -0.39 is 56.7 Å². The summed E-state index contributed by atoms with van der Waals surface area (Å²) >= 11 is 0. The molecule has 19 atom stereocenters. The SMILES string of the molecule is C[C@@H]([C@H]1CCC2C3=C(CC[C@@]21C)[C@@]1(C)C[C@H](O)C(=O)C(C)(C)C1[C@@H](OS(=O)(=O)O)C3)[C@H]1C[C@@H]2C[C@@](C)(OC2(C)C)[C@H](CC[C@@H](C)[C@H]2CCC3C4=C(CC[C@@]32C)[C@@]23COC(O)([C@@H](O)C2)C(C)(C)C3=CC4)O1. The van der Waals surface area contributed by atoms with Crippen LogP contribution in [0.25, 0.3) is 0 Å². The summed E-state index contributed by atoms with van der Waals surface area (Å²) in [5, 5.41) is 34.2. The van der Waals surface area contributed by atoms with Gasteiger partial charge in [-0.25, -0.2) is 4.18 Å². The zero-order valence-electron chi connectivity index (χ0n) is 44.7. The zero-order chi connectivity index (χ0) is 50.5. The van der Waals surface area contributed by atoms with E-state index in [-0.39, 0.29) is 63.7 Å². The van der Waals surface area contributed by atoms with Gasteiger partial charge in [0.25, 0.3) is 0 Å². The lowest BCUT2D eigenvalue weighted by molar-refractivity contribution is -0.359. The normalized spacial score (nSPS) is 50.5. The van der Waals surface area contributed by atoms with Gasteiger partial charge in [-0.15, -0.1) is 0 Å². The van der Waals surface area contributed by atoms with Gasteiger partial charge in [0.1, 0.15) is 12.2 Å². The van der Waals surface area contributed by atoms with Crippen molar-refractivity contribution in [2.45, 2.75) is 233 Å². The van der Waals surface area contributed by atoms with Gasteiger partial charge in [0.15, 0.2) is 5.78 Å². The molecule has 11 nitrogen and oxygen atoms in total. The molecular formula is C58H88O11S. The number of rotatable bonds is 8. The maximum Gasteiger partial charge on any atom is 0.397 e. The molecule has 4 heterocycles. The highest BCUT2D eigenvalue weighted by Crippen LogP contribution is 2.72. The molecule has 0 aromatic rings. The van der Waals surface area contributed by atoms with E-state index in [0.29, 0.717) is 49.0 Å². The standard InChI is InChI=1S/C58H88O11S/c1-31(36-15-17-38-34-14-19-45-51(5,6)58(62)46(60)29-57(45,30-66-58)41(34)22-24-53(36,38)9)13-20-47-56(12)27-33(52(7,8)69-56)25-43(67-47)32(2)37-16-18-39-35-26-44(68-70(63,64)65)48-50(3,4)49(61)42(59)28-55(48,11)40(35)21-23-54(37,39)10/h19,31-33,36-39,42-44,46-48,59-60,62H,13-18,20-30H2,1-12H3,(H,63,64,65)/t31-,32+,33-,36-,37-,38?,39?,42+,43-,44+,46+,47+,48?,53-,54-,55-,56-,57+,58?/m1/s1. The fourth-order valence-corrected chi connectivity index (χ4v) is 21.5. The second-order valence-electron chi connectivity index (χ2n) is 28.4. The Hall–Kier alpha value is -1.48. The second-order valence-corrected chi connectivity index (χ2v) is 29.5. The molecule has 70 heavy (non-hydrogen) atoms. The van der Waals surface area contributed by atoms with Crippen molar-refractivity contribution in [1.29, 1.82) is 0 Å². The predicted molar refractivity (Wildman–Crippen MR) is 266 cm³/mol. The molecule has 4 N–H and O–H groups in total. The van der Waals surface area contributed by atoms with Crippen LogP contribution in [0.2, 0.25) is 0 Å². The predicted octanol–water partition coefficient (Wildman–Crippen LogP) is 10.4. The number of allylic oxidation sites excluding steroid dienone is 3. The van der Waals surface area contributed by atoms with Gasteiger partial charge in [-0.3, -0.25) is 9.35 Å². The number of carbonyl (C=O) groups is 1. The van der Waals surface area contributed by atoms with Crippen LogP contribution in [0.4, 0.5) is 0 Å². The molecule has 0 aromatic carbocycles. The first-order valence-electron chi connectivity index (χ1n) is 27.8. The lowest BCUT2D eigenvalue weighted by Gasteiger charge is -2.65. The number of aliphatic hydroxyl groups excluding tert-OH is 2. The third kappa shape index (κ3) is 6.83. The fraction of sp³-hybridized carbons (Fsp3) is 0.879. The molecule has 0 amide bonds. The van der Waals surface area contributed by atoms with Crippen molar-refractivity contribution in [2.24, 2.45) is 79.8 Å². The van der Waals surface area contributed by atoms with Crippen molar-refractivity contribution in [3.63, 3.8) is 0 Å². The number of aliphatic hydroxyl groups is 3. The average Bonchev–Trinajstić information content (AvgIpc) is 3.83. The molecule has 4 aliphatic heterocycles. The highest BCUT2D eigenvalue weighted by Gasteiger charge is 2.70. The molecule has 12 rings (SSSR count). The van der Waals surface area contributed by atoms with Gasteiger partial charge in [-0.1, -0.05) is 96.3 Å². The van der Waals surface area contributed by atoms with Crippen LogP contribution < -0.4 is 0 Å². The smallest absolute Gasteiger partial charge is 0.387 e. The van der Waals surface area contributed by atoms with Crippen LogP contribution >= 0.6 is 0 Å². The van der Waals surface area contributed by atoms with Gasteiger partial charge >= 0.3 is 10.4 Å². The van der Waals surface area contributed by atoms with Crippen LogP contribution in [0.1, 0.15) is 186 Å². The van der Waals surface area contributed by atoms with Gasteiger partial charge in [-0.05, 0) is 181 Å². The van der Waals surface area contributed by atoms with E-state index in [2.05, 4.69) is 75.3 Å². The van der Waals surface area contributed by atoms with E-state index in [1.165, 1.54) is 35.1 Å². The van der Waals surface area contributed by atoms with Crippen molar-refractivity contribution < 1.29 is 51.5 Å². The maximum atomic E-state index is 13.5. The van der Waals surface area contributed by atoms with Crippen molar-refractivity contribution in [1.82, 2.24) is 0 Å². The summed E-state index contributed by atoms with van der Waals surface area (Å²) in [6.45, 7) is 27.2. The van der Waals surface area contributed by atoms with Crippen molar-refractivity contribution in [3.8, 4) is 0 Å². The lowest BCUT2D eigenvalue weighted by Crippen LogP contribution is -2.70. The number of hydrogen-bond acceptors (Lipinski definition) is 10. The zero-order valence-corrected chi connectivity index (χ0v) is 45.5. The summed E-state index contributed by atoms with van der Waals surface area (Å²) in [6.07, 6.45) is 14.0. The van der Waals surface area contributed by atoms with E-state index in [1.807, 2.05) is 0 Å². The first-order valence-corrected chi connectivity index (χ1v) is 29.2. The number of Topliss-reactive ketones (excluding diaryl/α,β-unsaturated/α-hetero) is 1. The average molecular weight is 993 g/mol. The molecule has 0 radical (unpaired) electrons. The Bertz CT molecular complexity index is 2420. The molecule has 4 unspecified atom stereocenters. The Labute approximate surface area is 419 Å². The highest BCUT2D eigenvalue weighted by atomic mass is 32.3. The van der Waals surface area contributed by atoms with Crippen molar-refractivity contribution in [2.75, 3.05) is 6.61 Å². The van der Waals surface area contributed by atoms with Crippen molar-refractivity contribution >= 4 is 16.2 Å². The van der Waals surface area contributed by atoms with Crippen LogP contribution in [-0.2, 0) is 33.6 Å². The Balaban J connectivity index is 0.823. The van der Waals surface area contributed by atoms with Crippen LogP contribution in [-0.4, -0.2) is 88.2 Å². The maximum absolute atomic E-state index is 13.5. The summed E-state index contributed by atoms with van der Waals surface area (Å²) < 4.78 is 61.6. The number of carbonyl (C=O) groups excluding carboxylic acids is 1. The van der Waals surface area contributed by atoms with E-state index in [1.54, 1.807) is 19.4 Å². The molecule has 392 valence electrons. The molecule has 4 saturated carbocycles.